The predicted molar refractivity (Wildman–Crippen MR) is 154 cm³/mol. The molecule has 0 unspecified atom stereocenters. The molecule has 1 N–H and O–H groups in total. The van der Waals surface area contributed by atoms with Crippen LogP contribution in [0.15, 0.2) is 70.0 Å². The molecule has 0 atom stereocenters. The number of carbonyl (C=O) groups is 3. The van der Waals surface area contributed by atoms with Gasteiger partial charge >= 0.3 is 0 Å². The number of hydrogen-bond acceptors (Lipinski definition) is 6. The first-order chi connectivity index (χ1) is 18.2. The van der Waals surface area contributed by atoms with Gasteiger partial charge in [0.15, 0.2) is 11.5 Å². The summed E-state index contributed by atoms with van der Waals surface area (Å²) in [6, 6.07) is 18.3. The van der Waals surface area contributed by atoms with E-state index < -0.39 is 23.6 Å². The van der Waals surface area contributed by atoms with E-state index in [1.807, 2.05) is 38.1 Å². The van der Waals surface area contributed by atoms with Crippen LogP contribution in [0.5, 0.6) is 11.5 Å². The van der Waals surface area contributed by atoms with E-state index in [2.05, 4.69) is 21.2 Å². The number of rotatable bonds is 9. The lowest BCUT2D eigenvalue weighted by Crippen LogP contribution is -2.36. The third-order valence-corrected chi connectivity index (χ3v) is 7.24. The topological polar surface area (TPSA) is 84.9 Å². The third-order valence-electron chi connectivity index (χ3n) is 5.42. The van der Waals surface area contributed by atoms with Crippen molar-refractivity contribution in [2.24, 2.45) is 0 Å². The molecule has 7 nitrogen and oxygen atoms in total. The van der Waals surface area contributed by atoms with Gasteiger partial charge in [-0.15, -0.1) is 0 Å². The Morgan fingerprint density at radius 1 is 1.11 bits per heavy atom. The van der Waals surface area contributed by atoms with Crippen LogP contribution in [0.25, 0.3) is 6.08 Å². The monoisotopic (exact) mass is 614 g/mol. The van der Waals surface area contributed by atoms with Gasteiger partial charge in [-0.1, -0.05) is 53.6 Å². The van der Waals surface area contributed by atoms with Crippen LogP contribution in [-0.4, -0.2) is 35.1 Å². The van der Waals surface area contributed by atoms with Crippen LogP contribution < -0.4 is 14.8 Å². The fourth-order valence-corrected chi connectivity index (χ4v) is 5.31. The maximum absolute atomic E-state index is 13.0. The highest BCUT2D eigenvalue weighted by Crippen LogP contribution is 2.39. The molecular formula is C28H24BrClN2O5S. The second-order valence-corrected chi connectivity index (χ2v) is 10.6. The molecule has 0 saturated carbocycles. The molecule has 1 saturated heterocycles. The number of imide groups is 1. The van der Waals surface area contributed by atoms with Crippen LogP contribution in [0.2, 0.25) is 5.02 Å². The Morgan fingerprint density at radius 2 is 1.89 bits per heavy atom. The van der Waals surface area contributed by atoms with Gasteiger partial charge in [-0.3, -0.25) is 19.3 Å². The molecule has 1 fully saturated rings. The van der Waals surface area contributed by atoms with E-state index in [0.717, 1.165) is 27.8 Å². The number of benzene rings is 3. The number of aryl methyl sites for hydroxylation is 1. The average molecular weight is 616 g/mol. The van der Waals surface area contributed by atoms with Crippen molar-refractivity contribution in [1.82, 2.24) is 4.90 Å². The van der Waals surface area contributed by atoms with E-state index in [0.29, 0.717) is 45.5 Å². The zero-order chi connectivity index (χ0) is 27.2. The Labute approximate surface area is 238 Å². The summed E-state index contributed by atoms with van der Waals surface area (Å²) >= 11 is 10.4. The van der Waals surface area contributed by atoms with Crippen LogP contribution in [0.3, 0.4) is 0 Å². The van der Waals surface area contributed by atoms with Crippen molar-refractivity contribution in [2.75, 3.05) is 18.5 Å². The summed E-state index contributed by atoms with van der Waals surface area (Å²) in [5.74, 6) is -0.0460. The highest BCUT2D eigenvalue weighted by molar-refractivity contribution is 9.10. The molecule has 10 heteroatoms. The lowest BCUT2D eigenvalue weighted by atomic mass is 10.1. The van der Waals surface area contributed by atoms with Crippen molar-refractivity contribution in [3.63, 3.8) is 0 Å². The lowest BCUT2D eigenvalue weighted by molar-refractivity contribution is -0.127. The smallest absolute Gasteiger partial charge is 0.294 e. The van der Waals surface area contributed by atoms with Crippen molar-refractivity contribution in [3.05, 3.63) is 91.8 Å². The Bertz CT molecular complexity index is 1430. The van der Waals surface area contributed by atoms with E-state index in [4.69, 9.17) is 21.1 Å². The summed E-state index contributed by atoms with van der Waals surface area (Å²) in [5.41, 5.74) is 3.20. The van der Waals surface area contributed by atoms with Crippen LogP contribution in [-0.2, 0) is 16.2 Å². The number of halogens is 2. The maximum Gasteiger partial charge on any atom is 0.294 e. The van der Waals surface area contributed by atoms with Gasteiger partial charge in [0.2, 0.25) is 5.91 Å². The summed E-state index contributed by atoms with van der Waals surface area (Å²) in [6.45, 7) is 4.23. The second-order valence-electron chi connectivity index (χ2n) is 8.34. The van der Waals surface area contributed by atoms with E-state index >= 15 is 0 Å². The van der Waals surface area contributed by atoms with E-state index in [9.17, 15) is 14.4 Å². The minimum atomic E-state index is -0.553. The Morgan fingerprint density at radius 3 is 2.63 bits per heavy atom. The van der Waals surface area contributed by atoms with Crippen molar-refractivity contribution in [1.29, 1.82) is 0 Å². The summed E-state index contributed by atoms with van der Waals surface area (Å²) in [4.78, 5) is 39.1. The largest absolute Gasteiger partial charge is 0.490 e. The molecule has 1 heterocycles. The van der Waals surface area contributed by atoms with E-state index in [1.54, 1.807) is 42.5 Å². The second kappa shape index (κ2) is 12.5. The zero-order valence-electron chi connectivity index (χ0n) is 20.6. The Balaban J connectivity index is 1.50. The van der Waals surface area contributed by atoms with Crippen LogP contribution >= 0.6 is 39.3 Å². The molecule has 1 aliphatic heterocycles. The van der Waals surface area contributed by atoms with Gasteiger partial charge in [0.25, 0.3) is 11.1 Å². The highest BCUT2D eigenvalue weighted by Gasteiger charge is 2.36. The molecule has 0 bridgehead atoms. The molecule has 3 aromatic carbocycles. The fourth-order valence-electron chi connectivity index (χ4n) is 3.72. The predicted octanol–water partition coefficient (Wildman–Crippen LogP) is 7.06. The van der Waals surface area contributed by atoms with Crippen molar-refractivity contribution >= 4 is 68.1 Å². The molecule has 3 amide bonds. The van der Waals surface area contributed by atoms with Gasteiger partial charge in [0.05, 0.1) is 26.7 Å². The molecule has 3 aromatic rings. The molecule has 0 aliphatic carbocycles. The minimum Gasteiger partial charge on any atom is -0.490 e. The van der Waals surface area contributed by atoms with Gasteiger partial charge in [0, 0.05) is 0 Å². The third kappa shape index (κ3) is 6.78. The molecule has 38 heavy (non-hydrogen) atoms. The van der Waals surface area contributed by atoms with Gasteiger partial charge in [-0.2, -0.15) is 0 Å². The number of anilines is 1. The van der Waals surface area contributed by atoms with Crippen molar-refractivity contribution in [2.45, 2.75) is 20.5 Å². The van der Waals surface area contributed by atoms with Crippen LogP contribution in [0.1, 0.15) is 23.6 Å². The number of thioether (sulfide) groups is 1. The number of para-hydroxylation sites is 1. The van der Waals surface area contributed by atoms with E-state index in [-0.39, 0.29) is 4.91 Å². The summed E-state index contributed by atoms with van der Waals surface area (Å²) < 4.78 is 12.5. The molecule has 0 radical (unpaired) electrons. The molecule has 1 aliphatic rings. The molecule has 0 spiro atoms. The summed E-state index contributed by atoms with van der Waals surface area (Å²) in [7, 11) is 0. The molecule has 4 rings (SSSR count). The normalized spacial score (nSPS) is 14.2. The number of hydrogen-bond donors (Lipinski definition) is 1. The average Bonchev–Trinajstić information content (AvgIpc) is 3.12. The number of nitrogens with one attached hydrogen (secondary N) is 1. The quantitative estimate of drug-likeness (QED) is 0.259. The first-order valence-electron chi connectivity index (χ1n) is 11.7. The molecule has 0 aromatic heterocycles. The summed E-state index contributed by atoms with van der Waals surface area (Å²) in [5, 5.41) is 2.45. The van der Waals surface area contributed by atoms with Gasteiger partial charge in [-0.25, -0.2) is 0 Å². The Hall–Kier alpha value is -3.27. The maximum atomic E-state index is 13.0. The van der Waals surface area contributed by atoms with Crippen molar-refractivity contribution in [3.8, 4) is 11.5 Å². The van der Waals surface area contributed by atoms with Gasteiger partial charge in [-0.05, 0) is 83.0 Å². The number of amides is 3. The van der Waals surface area contributed by atoms with E-state index in [1.165, 1.54) is 0 Å². The fraction of sp³-hybridized carbons (Fsp3) is 0.179. The minimum absolute atomic E-state index is 0.198. The first-order valence-corrected chi connectivity index (χ1v) is 13.7. The number of ether oxygens (including phenoxy) is 2. The standard InChI is InChI=1S/C28H24BrClN2O5S/c1-3-36-23-13-19(12-20(29)26(23)37-16-18-8-6-7-17(2)11-18)14-24-27(34)32(28(35)38-24)15-25(33)31-22-10-5-4-9-21(22)30/h4-14H,3,15-16H2,1-2H3,(H,31,33)/b24-14+. The lowest BCUT2D eigenvalue weighted by Gasteiger charge is -2.15. The van der Waals surface area contributed by atoms with Gasteiger partial charge < -0.3 is 14.8 Å². The number of carbonyl (C=O) groups excluding carboxylic acids is 3. The van der Waals surface area contributed by atoms with Gasteiger partial charge in [0.1, 0.15) is 13.2 Å². The molecular weight excluding hydrogens is 592 g/mol. The number of nitrogens with zero attached hydrogens (tertiary/aromatic N) is 1. The Kier molecular flexibility index (Phi) is 9.14. The van der Waals surface area contributed by atoms with Crippen molar-refractivity contribution < 1.29 is 23.9 Å². The highest BCUT2D eigenvalue weighted by atomic mass is 79.9. The summed E-state index contributed by atoms with van der Waals surface area (Å²) in [6.07, 6.45) is 1.59. The first kappa shape index (κ1) is 27.8. The SMILES string of the molecule is CCOc1cc(/C=C2/SC(=O)N(CC(=O)Nc3ccccc3Cl)C2=O)cc(Br)c1OCc1cccc(C)c1. The van der Waals surface area contributed by atoms with Crippen LogP contribution in [0, 0.1) is 6.92 Å². The van der Waals surface area contributed by atoms with Crippen LogP contribution in [0.4, 0.5) is 10.5 Å². The zero-order valence-corrected chi connectivity index (χ0v) is 23.8. The molecule has 196 valence electrons.